The lowest BCUT2D eigenvalue weighted by Gasteiger charge is -2.35. The number of hydrogen-bond donors (Lipinski definition) is 2. The van der Waals surface area contributed by atoms with Crippen LogP contribution in [0.5, 0.6) is 0 Å². The maximum atomic E-state index is 13.5. The van der Waals surface area contributed by atoms with E-state index in [2.05, 4.69) is 15.5 Å². The van der Waals surface area contributed by atoms with E-state index in [1.807, 2.05) is 11.9 Å². The van der Waals surface area contributed by atoms with Crippen molar-refractivity contribution in [2.24, 2.45) is 11.8 Å². The molecule has 4 atom stereocenters. The number of rotatable bonds is 6. The van der Waals surface area contributed by atoms with Gasteiger partial charge < -0.3 is 15.5 Å². The zero-order chi connectivity index (χ0) is 19.7. The fourth-order valence-corrected chi connectivity index (χ4v) is 4.85. The molecule has 0 radical (unpaired) electrons. The largest absolute Gasteiger partial charge is 0.322 e. The van der Waals surface area contributed by atoms with Gasteiger partial charge in [0, 0.05) is 43.5 Å². The Morgan fingerprint density at radius 2 is 2.04 bits per heavy atom. The van der Waals surface area contributed by atoms with Crippen LogP contribution in [-0.2, 0) is 0 Å². The van der Waals surface area contributed by atoms with Gasteiger partial charge in [0.05, 0.1) is 0 Å². The number of likely N-dealkylation sites (tertiary alicyclic amines) is 1. The lowest BCUT2D eigenvalue weighted by molar-refractivity contribution is 0.152. The molecule has 4 rings (SSSR count). The van der Waals surface area contributed by atoms with Crippen LogP contribution in [0, 0.1) is 23.5 Å². The van der Waals surface area contributed by atoms with Gasteiger partial charge in [0.1, 0.15) is 0 Å². The molecule has 3 fully saturated rings. The molecule has 1 aliphatic heterocycles. The van der Waals surface area contributed by atoms with E-state index in [4.69, 9.17) is 0 Å². The lowest BCUT2D eigenvalue weighted by Crippen LogP contribution is -2.47. The molecule has 1 saturated heterocycles. The number of fused-ring (bicyclic) bond motifs is 1. The molecule has 2 saturated carbocycles. The third kappa shape index (κ3) is 4.46. The summed E-state index contributed by atoms with van der Waals surface area (Å²) < 4.78 is 26.7. The Bertz CT molecular complexity index is 716. The number of carbonyl (C=O) groups excluding carboxylic acids is 1. The molecule has 28 heavy (non-hydrogen) atoms. The van der Waals surface area contributed by atoms with Gasteiger partial charge in [0.25, 0.3) is 0 Å². The minimum absolute atomic E-state index is 0.209. The second kappa shape index (κ2) is 8.33. The van der Waals surface area contributed by atoms with Crippen LogP contribution in [0.3, 0.4) is 0 Å². The highest BCUT2D eigenvalue weighted by molar-refractivity contribution is 5.89. The number of nitrogens with zero attached hydrogens (tertiary/aromatic N) is 2. The second-order valence-corrected chi connectivity index (χ2v) is 8.55. The summed E-state index contributed by atoms with van der Waals surface area (Å²) in [6, 6.07) is 4.04. The Morgan fingerprint density at radius 3 is 2.75 bits per heavy atom. The Balaban J connectivity index is 1.40. The number of hydrogen-bond acceptors (Lipinski definition) is 3. The SMILES string of the molecule is CNC1CCN(CCN(C(=O)Nc2ccc(F)c(F)c2)C2CCC3CC3C2)C1. The summed E-state index contributed by atoms with van der Waals surface area (Å²) in [7, 11) is 1.99. The summed E-state index contributed by atoms with van der Waals surface area (Å²) in [6.07, 6.45) is 5.71. The number of benzene rings is 1. The molecule has 0 spiro atoms. The highest BCUT2D eigenvalue weighted by Gasteiger charge is 2.44. The van der Waals surface area contributed by atoms with Gasteiger partial charge in [-0.15, -0.1) is 0 Å². The van der Waals surface area contributed by atoms with Crippen molar-refractivity contribution in [3.05, 3.63) is 29.8 Å². The number of anilines is 1. The quantitative estimate of drug-likeness (QED) is 0.781. The molecule has 2 N–H and O–H groups in total. The van der Waals surface area contributed by atoms with Crippen LogP contribution in [0.2, 0.25) is 0 Å². The minimum atomic E-state index is -0.946. The third-order valence-electron chi connectivity index (χ3n) is 6.72. The smallest absolute Gasteiger partial charge is 0.320 e. The number of likely N-dealkylation sites (N-methyl/N-ethyl adjacent to an activating group) is 1. The zero-order valence-electron chi connectivity index (χ0n) is 16.5. The van der Waals surface area contributed by atoms with E-state index < -0.39 is 11.6 Å². The van der Waals surface area contributed by atoms with Gasteiger partial charge in [0.15, 0.2) is 11.6 Å². The van der Waals surface area contributed by atoms with Crippen LogP contribution in [0.4, 0.5) is 19.3 Å². The van der Waals surface area contributed by atoms with Crippen molar-refractivity contribution >= 4 is 11.7 Å². The number of carbonyl (C=O) groups is 1. The highest BCUT2D eigenvalue weighted by Crippen LogP contribution is 2.50. The van der Waals surface area contributed by atoms with Gasteiger partial charge in [-0.25, -0.2) is 13.6 Å². The van der Waals surface area contributed by atoms with E-state index in [0.29, 0.717) is 18.3 Å². The van der Waals surface area contributed by atoms with Gasteiger partial charge in [-0.3, -0.25) is 4.90 Å². The molecular formula is C21H30F2N4O. The van der Waals surface area contributed by atoms with Gasteiger partial charge in [-0.1, -0.05) is 0 Å². The first-order chi connectivity index (χ1) is 13.5. The maximum Gasteiger partial charge on any atom is 0.322 e. The normalized spacial score (nSPS) is 29.4. The topological polar surface area (TPSA) is 47.6 Å². The van der Waals surface area contributed by atoms with E-state index in [0.717, 1.165) is 62.9 Å². The number of urea groups is 1. The summed E-state index contributed by atoms with van der Waals surface area (Å²) in [5.74, 6) is -0.229. The number of amides is 2. The van der Waals surface area contributed by atoms with E-state index in [-0.39, 0.29) is 12.1 Å². The van der Waals surface area contributed by atoms with Crippen LogP contribution < -0.4 is 10.6 Å². The molecule has 2 aliphatic carbocycles. The van der Waals surface area contributed by atoms with Gasteiger partial charge in [0.2, 0.25) is 0 Å². The lowest BCUT2D eigenvalue weighted by atomic mass is 9.94. The summed E-state index contributed by atoms with van der Waals surface area (Å²) in [6.45, 7) is 3.55. The van der Waals surface area contributed by atoms with Gasteiger partial charge >= 0.3 is 6.03 Å². The van der Waals surface area contributed by atoms with Crippen LogP contribution in [-0.4, -0.2) is 61.1 Å². The van der Waals surface area contributed by atoms with Crippen molar-refractivity contribution in [3.8, 4) is 0 Å². The zero-order valence-corrected chi connectivity index (χ0v) is 16.5. The van der Waals surface area contributed by atoms with E-state index in [1.54, 1.807) is 0 Å². The van der Waals surface area contributed by atoms with Crippen molar-refractivity contribution in [2.75, 3.05) is 38.5 Å². The van der Waals surface area contributed by atoms with E-state index in [9.17, 15) is 13.6 Å². The second-order valence-electron chi connectivity index (χ2n) is 8.55. The molecule has 0 aromatic heterocycles. The molecule has 3 aliphatic rings. The Labute approximate surface area is 165 Å². The van der Waals surface area contributed by atoms with E-state index >= 15 is 0 Å². The summed E-state index contributed by atoms with van der Waals surface area (Å²) in [4.78, 5) is 17.3. The predicted molar refractivity (Wildman–Crippen MR) is 105 cm³/mol. The molecule has 1 aromatic carbocycles. The molecule has 154 valence electrons. The first-order valence-corrected chi connectivity index (χ1v) is 10.5. The highest BCUT2D eigenvalue weighted by atomic mass is 19.2. The summed E-state index contributed by atoms with van der Waals surface area (Å²) in [5, 5.41) is 6.10. The van der Waals surface area contributed by atoms with Crippen LogP contribution in [0.1, 0.15) is 32.1 Å². The van der Waals surface area contributed by atoms with Crippen molar-refractivity contribution in [3.63, 3.8) is 0 Å². The molecule has 7 heteroatoms. The Kier molecular flexibility index (Phi) is 5.83. The summed E-state index contributed by atoms with van der Waals surface area (Å²) >= 11 is 0. The van der Waals surface area contributed by atoms with Crippen molar-refractivity contribution in [1.82, 2.24) is 15.1 Å². The van der Waals surface area contributed by atoms with Crippen LogP contribution >= 0.6 is 0 Å². The first kappa shape index (κ1) is 19.6. The maximum absolute atomic E-state index is 13.5. The molecule has 5 nitrogen and oxygen atoms in total. The average Bonchev–Trinajstić information content (AvgIpc) is 3.32. The van der Waals surface area contributed by atoms with E-state index in [1.165, 1.54) is 18.9 Å². The monoisotopic (exact) mass is 392 g/mol. The first-order valence-electron chi connectivity index (χ1n) is 10.5. The number of nitrogens with one attached hydrogen (secondary N) is 2. The summed E-state index contributed by atoms with van der Waals surface area (Å²) in [5.41, 5.74) is 0.297. The van der Waals surface area contributed by atoms with Crippen molar-refractivity contribution < 1.29 is 13.6 Å². The predicted octanol–water partition coefficient (Wildman–Crippen LogP) is 3.28. The molecule has 1 aromatic rings. The minimum Gasteiger partial charge on any atom is -0.320 e. The standard InChI is InChI=1S/C21H30F2N4O/c1-24-17-6-7-26(13-17)8-9-27(18-4-2-14-10-15(14)11-18)21(28)25-16-3-5-19(22)20(23)12-16/h3,5,12,14-15,17-18,24H,2,4,6-11,13H2,1H3,(H,25,28). The Hall–Kier alpha value is -1.73. The van der Waals surface area contributed by atoms with Gasteiger partial charge in [-0.05, 0) is 69.7 Å². The van der Waals surface area contributed by atoms with Crippen LogP contribution in [0.15, 0.2) is 18.2 Å². The third-order valence-corrected chi connectivity index (χ3v) is 6.72. The Morgan fingerprint density at radius 1 is 1.18 bits per heavy atom. The molecule has 0 bridgehead atoms. The fourth-order valence-electron chi connectivity index (χ4n) is 4.85. The van der Waals surface area contributed by atoms with Crippen molar-refractivity contribution in [2.45, 2.75) is 44.2 Å². The van der Waals surface area contributed by atoms with Gasteiger partial charge in [-0.2, -0.15) is 0 Å². The average molecular weight is 392 g/mol. The number of halogens is 2. The molecule has 2 amide bonds. The molecule has 1 heterocycles. The van der Waals surface area contributed by atoms with Crippen molar-refractivity contribution in [1.29, 1.82) is 0 Å². The fraction of sp³-hybridized carbons (Fsp3) is 0.667. The van der Waals surface area contributed by atoms with Crippen LogP contribution in [0.25, 0.3) is 0 Å². The molecule has 4 unspecified atom stereocenters. The molecular weight excluding hydrogens is 362 g/mol.